The number of halogens is 1. The number of non-ortho nitro benzene ring substituents is 1. The Morgan fingerprint density at radius 3 is 2.31 bits per heavy atom. The summed E-state index contributed by atoms with van der Waals surface area (Å²) in [6, 6.07) is 12.6. The number of aryl methyl sites for hydroxylation is 1. The third-order valence-corrected chi connectivity index (χ3v) is 7.36. The SMILES string of the molecule is Cc1ccc(S(=O)(=O)N2CC[C@@H](Br)C[C@@H]2c2ccc([N+](=O)[O-])cc2)cc1. The van der Waals surface area contributed by atoms with Crippen LogP contribution in [0.3, 0.4) is 0 Å². The zero-order chi connectivity index (χ0) is 18.9. The first-order valence-electron chi connectivity index (χ1n) is 8.26. The van der Waals surface area contributed by atoms with Gasteiger partial charge in [-0.3, -0.25) is 10.1 Å². The van der Waals surface area contributed by atoms with Gasteiger partial charge in [-0.15, -0.1) is 0 Å². The zero-order valence-electron chi connectivity index (χ0n) is 14.2. The van der Waals surface area contributed by atoms with Gasteiger partial charge in [-0.25, -0.2) is 8.42 Å². The van der Waals surface area contributed by atoms with E-state index in [1.165, 1.54) is 16.4 Å². The molecule has 1 saturated heterocycles. The zero-order valence-corrected chi connectivity index (χ0v) is 16.6. The molecule has 26 heavy (non-hydrogen) atoms. The highest BCUT2D eigenvalue weighted by molar-refractivity contribution is 9.09. The molecule has 1 heterocycles. The van der Waals surface area contributed by atoms with Gasteiger partial charge in [-0.1, -0.05) is 45.8 Å². The van der Waals surface area contributed by atoms with Crippen molar-refractivity contribution in [3.8, 4) is 0 Å². The summed E-state index contributed by atoms with van der Waals surface area (Å²) < 4.78 is 27.8. The van der Waals surface area contributed by atoms with E-state index in [2.05, 4.69) is 15.9 Å². The topological polar surface area (TPSA) is 80.5 Å². The average Bonchev–Trinajstić information content (AvgIpc) is 2.62. The molecular weight excluding hydrogens is 420 g/mol. The number of nitro groups is 1. The number of nitro benzene ring substituents is 1. The molecule has 1 aliphatic rings. The number of piperidine rings is 1. The Labute approximate surface area is 161 Å². The first-order chi connectivity index (χ1) is 12.3. The van der Waals surface area contributed by atoms with Crippen LogP contribution in [0.5, 0.6) is 0 Å². The monoisotopic (exact) mass is 438 g/mol. The Morgan fingerprint density at radius 1 is 1.12 bits per heavy atom. The highest BCUT2D eigenvalue weighted by Gasteiger charge is 2.37. The van der Waals surface area contributed by atoms with Gasteiger partial charge in [-0.05, 0) is 37.5 Å². The van der Waals surface area contributed by atoms with Crippen molar-refractivity contribution in [2.75, 3.05) is 6.54 Å². The lowest BCUT2D eigenvalue weighted by Gasteiger charge is -2.37. The fourth-order valence-corrected chi connectivity index (χ4v) is 5.35. The fourth-order valence-electron chi connectivity index (χ4n) is 3.15. The van der Waals surface area contributed by atoms with Crippen LogP contribution in [0.25, 0.3) is 0 Å². The van der Waals surface area contributed by atoms with Crippen LogP contribution in [0, 0.1) is 17.0 Å². The minimum absolute atomic E-state index is 0.00658. The predicted octanol–water partition coefficient (Wildman–Crippen LogP) is 4.19. The van der Waals surface area contributed by atoms with Gasteiger partial charge >= 0.3 is 0 Å². The van der Waals surface area contributed by atoms with Crippen LogP contribution in [0.1, 0.15) is 30.0 Å². The lowest BCUT2D eigenvalue weighted by atomic mass is 9.97. The molecule has 0 spiro atoms. The van der Waals surface area contributed by atoms with E-state index in [0.717, 1.165) is 11.1 Å². The minimum atomic E-state index is -3.65. The summed E-state index contributed by atoms with van der Waals surface area (Å²) in [4.78, 5) is 10.9. The fraction of sp³-hybridized carbons (Fsp3) is 0.333. The molecule has 0 bridgehead atoms. The van der Waals surface area contributed by atoms with Crippen LogP contribution in [0.15, 0.2) is 53.4 Å². The lowest BCUT2D eigenvalue weighted by molar-refractivity contribution is -0.384. The summed E-state index contributed by atoms with van der Waals surface area (Å²) in [5.41, 5.74) is 1.75. The molecule has 8 heteroatoms. The maximum Gasteiger partial charge on any atom is 0.269 e. The van der Waals surface area contributed by atoms with Crippen molar-refractivity contribution in [2.45, 2.75) is 35.5 Å². The largest absolute Gasteiger partial charge is 0.269 e. The van der Waals surface area contributed by atoms with Crippen molar-refractivity contribution in [2.24, 2.45) is 0 Å². The molecule has 2 aromatic rings. The molecule has 0 saturated carbocycles. The van der Waals surface area contributed by atoms with Gasteiger partial charge in [0.15, 0.2) is 0 Å². The highest BCUT2D eigenvalue weighted by atomic mass is 79.9. The molecule has 0 unspecified atom stereocenters. The van der Waals surface area contributed by atoms with E-state index in [9.17, 15) is 18.5 Å². The smallest absolute Gasteiger partial charge is 0.258 e. The summed E-state index contributed by atoms with van der Waals surface area (Å²) in [5, 5.41) is 10.9. The van der Waals surface area contributed by atoms with Crippen LogP contribution >= 0.6 is 15.9 Å². The number of alkyl halides is 1. The number of hydrogen-bond acceptors (Lipinski definition) is 4. The maximum atomic E-state index is 13.2. The van der Waals surface area contributed by atoms with E-state index in [0.29, 0.717) is 19.4 Å². The predicted molar refractivity (Wildman–Crippen MR) is 103 cm³/mol. The molecule has 6 nitrogen and oxygen atoms in total. The van der Waals surface area contributed by atoms with Crippen LogP contribution in [0.2, 0.25) is 0 Å². The van der Waals surface area contributed by atoms with E-state index in [1.54, 1.807) is 36.4 Å². The van der Waals surface area contributed by atoms with Crippen molar-refractivity contribution in [3.05, 3.63) is 69.8 Å². The first-order valence-corrected chi connectivity index (χ1v) is 10.6. The van der Waals surface area contributed by atoms with Crippen LogP contribution in [-0.4, -0.2) is 29.0 Å². The van der Waals surface area contributed by atoms with Crippen molar-refractivity contribution in [1.82, 2.24) is 4.31 Å². The normalized spacial score (nSPS) is 21.5. The third-order valence-electron chi connectivity index (χ3n) is 4.61. The van der Waals surface area contributed by atoms with Gasteiger partial charge in [0.1, 0.15) is 0 Å². The number of sulfonamides is 1. The highest BCUT2D eigenvalue weighted by Crippen LogP contribution is 2.38. The Bertz CT molecular complexity index is 898. The summed E-state index contributed by atoms with van der Waals surface area (Å²) in [6.45, 7) is 2.31. The second-order valence-corrected chi connectivity index (χ2v) is 9.60. The van der Waals surface area contributed by atoms with Gasteiger partial charge in [0.25, 0.3) is 5.69 Å². The Hall–Kier alpha value is -1.77. The molecule has 0 aromatic heterocycles. The van der Waals surface area contributed by atoms with E-state index < -0.39 is 14.9 Å². The molecule has 1 fully saturated rings. The summed E-state index contributed by atoms with van der Waals surface area (Å²) >= 11 is 3.59. The van der Waals surface area contributed by atoms with Crippen LogP contribution < -0.4 is 0 Å². The summed E-state index contributed by atoms with van der Waals surface area (Å²) in [7, 11) is -3.65. The number of benzene rings is 2. The van der Waals surface area contributed by atoms with Gasteiger partial charge in [0, 0.05) is 23.5 Å². The molecule has 1 aliphatic heterocycles. The second kappa shape index (κ2) is 7.46. The third kappa shape index (κ3) is 3.82. The standard InChI is InChI=1S/C18H19BrN2O4S/c1-13-2-8-17(9-3-13)26(24,25)20-11-10-15(19)12-18(20)14-4-6-16(7-5-14)21(22)23/h2-9,15,18H,10-12H2,1H3/t15-,18-/m1/s1. The Balaban J connectivity index is 1.98. The van der Waals surface area contributed by atoms with Gasteiger partial charge in [-0.2, -0.15) is 4.31 Å². The second-order valence-electron chi connectivity index (χ2n) is 6.41. The number of hydrogen-bond donors (Lipinski definition) is 0. The first kappa shape index (κ1) is 19.0. The molecule has 0 aliphatic carbocycles. The average molecular weight is 439 g/mol. The lowest BCUT2D eigenvalue weighted by Crippen LogP contribution is -2.41. The molecular formula is C18H19BrN2O4S. The minimum Gasteiger partial charge on any atom is -0.258 e. The Morgan fingerprint density at radius 2 is 1.73 bits per heavy atom. The van der Waals surface area contributed by atoms with Crippen molar-refractivity contribution in [1.29, 1.82) is 0 Å². The van der Waals surface area contributed by atoms with Crippen molar-refractivity contribution in [3.63, 3.8) is 0 Å². The molecule has 0 amide bonds. The number of nitrogens with zero attached hydrogens (tertiary/aromatic N) is 2. The molecule has 0 N–H and O–H groups in total. The summed E-state index contributed by atoms with van der Waals surface area (Å²) in [5.74, 6) is 0. The summed E-state index contributed by atoms with van der Waals surface area (Å²) in [6.07, 6.45) is 1.33. The van der Waals surface area contributed by atoms with Gasteiger partial charge in [0.05, 0.1) is 15.9 Å². The molecule has 138 valence electrons. The Kier molecular flexibility index (Phi) is 5.45. The molecule has 2 aromatic carbocycles. The maximum absolute atomic E-state index is 13.2. The van der Waals surface area contributed by atoms with E-state index in [1.807, 2.05) is 6.92 Å². The number of rotatable bonds is 4. The molecule has 2 atom stereocenters. The van der Waals surface area contributed by atoms with Gasteiger partial charge in [0.2, 0.25) is 10.0 Å². The van der Waals surface area contributed by atoms with E-state index in [-0.39, 0.29) is 21.5 Å². The van der Waals surface area contributed by atoms with Gasteiger partial charge < -0.3 is 0 Å². The van der Waals surface area contributed by atoms with E-state index >= 15 is 0 Å². The van der Waals surface area contributed by atoms with Crippen molar-refractivity contribution >= 4 is 31.6 Å². The molecule has 0 radical (unpaired) electrons. The van der Waals surface area contributed by atoms with Crippen LogP contribution in [0.4, 0.5) is 5.69 Å². The van der Waals surface area contributed by atoms with Crippen LogP contribution in [-0.2, 0) is 10.0 Å². The van der Waals surface area contributed by atoms with Crippen molar-refractivity contribution < 1.29 is 13.3 Å². The van der Waals surface area contributed by atoms with E-state index in [4.69, 9.17) is 0 Å². The molecule has 3 rings (SSSR count). The quantitative estimate of drug-likeness (QED) is 0.407.